The van der Waals surface area contributed by atoms with Gasteiger partial charge < -0.3 is 20.5 Å². The van der Waals surface area contributed by atoms with Crippen LogP contribution < -0.4 is 5.73 Å². The van der Waals surface area contributed by atoms with E-state index in [0.29, 0.717) is 23.9 Å². The maximum Gasteiger partial charge on any atom is 0.254 e. The van der Waals surface area contributed by atoms with E-state index in [0.717, 1.165) is 17.7 Å². The van der Waals surface area contributed by atoms with E-state index in [1.54, 1.807) is 29.8 Å². The van der Waals surface area contributed by atoms with E-state index in [9.17, 15) is 9.90 Å². The summed E-state index contributed by atoms with van der Waals surface area (Å²) in [6, 6.07) is 7.52. The highest BCUT2D eigenvalue weighted by Gasteiger charge is 2.30. The summed E-state index contributed by atoms with van der Waals surface area (Å²) < 4.78 is 5.04. The largest absolute Gasteiger partial charge is 0.395 e. The molecule has 0 saturated heterocycles. The molecule has 0 fully saturated rings. The van der Waals surface area contributed by atoms with E-state index in [4.69, 9.17) is 10.5 Å². The highest BCUT2D eigenvalue weighted by molar-refractivity contribution is 8.13. The summed E-state index contributed by atoms with van der Waals surface area (Å²) in [5.41, 5.74) is 7.05. The van der Waals surface area contributed by atoms with E-state index in [1.807, 2.05) is 25.1 Å². The number of nitrogens with two attached hydrogens (primary N) is 1. The van der Waals surface area contributed by atoms with Crippen LogP contribution in [0.3, 0.4) is 0 Å². The number of methoxy groups -OCH3 is 1. The smallest absolute Gasteiger partial charge is 0.254 e. The Hall–Kier alpha value is -1.57. The molecule has 6 nitrogen and oxygen atoms in total. The highest BCUT2D eigenvalue weighted by Crippen LogP contribution is 2.35. The van der Waals surface area contributed by atoms with Crippen LogP contribution in [0, 0.1) is 0 Å². The third-order valence-corrected chi connectivity index (χ3v) is 4.94. The molecule has 0 spiro atoms. The Morgan fingerprint density at radius 1 is 1.50 bits per heavy atom. The lowest BCUT2D eigenvalue weighted by Gasteiger charge is -2.30. The average molecular weight is 351 g/mol. The summed E-state index contributed by atoms with van der Waals surface area (Å²) >= 11 is 1.56. The molecule has 2 rings (SSSR count). The standard InChI is InChI=1S/C17H25N3O3S/c1-17(6-11-24-16(18)19-17)14-5-3-4-13(12-14)15(22)20(7-9-21)8-10-23-2/h3-5,12,21H,6-11H2,1-2H3,(H2,18,19). The zero-order valence-corrected chi connectivity index (χ0v) is 15.0. The molecule has 1 heterocycles. The van der Waals surface area contributed by atoms with E-state index in [1.165, 1.54) is 0 Å². The summed E-state index contributed by atoms with van der Waals surface area (Å²) in [6.07, 6.45) is 0.875. The van der Waals surface area contributed by atoms with Crippen LogP contribution in [0.15, 0.2) is 29.3 Å². The molecule has 1 unspecified atom stereocenters. The second kappa shape index (κ2) is 8.50. The summed E-state index contributed by atoms with van der Waals surface area (Å²) in [6.45, 7) is 3.12. The van der Waals surface area contributed by atoms with Crippen LogP contribution >= 0.6 is 11.8 Å². The number of amides is 1. The molecule has 1 aliphatic heterocycles. The first-order chi connectivity index (χ1) is 11.5. The van der Waals surface area contributed by atoms with Crippen molar-refractivity contribution < 1.29 is 14.6 Å². The highest BCUT2D eigenvalue weighted by atomic mass is 32.2. The fourth-order valence-corrected chi connectivity index (χ4v) is 3.68. The molecule has 24 heavy (non-hydrogen) atoms. The summed E-state index contributed by atoms with van der Waals surface area (Å²) in [7, 11) is 1.59. The number of rotatable bonds is 7. The fraction of sp³-hybridized carbons (Fsp3) is 0.529. The Labute approximate surface area is 147 Å². The number of amidine groups is 1. The number of carbonyl (C=O) groups excluding carboxylic acids is 1. The van der Waals surface area contributed by atoms with Gasteiger partial charge in [-0.3, -0.25) is 9.79 Å². The Balaban J connectivity index is 2.25. The number of benzene rings is 1. The van der Waals surface area contributed by atoms with Crippen molar-refractivity contribution in [2.24, 2.45) is 10.7 Å². The molecule has 0 saturated carbocycles. The van der Waals surface area contributed by atoms with Gasteiger partial charge in [-0.05, 0) is 31.0 Å². The minimum Gasteiger partial charge on any atom is -0.395 e. The van der Waals surface area contributed by atoms with Gasteiger partial charge in [0.1, 0.15) is 0 Å². The second-order valence-electron chi connectivity index (χ2n) is 5.91. The number of hydrogen-bond acceptors (Lipinski definition) is 6. The van der Waals surface area contributed by atoms with Crippen molar-refractivity contribution in [3.8, 4) is 0 Å². The molecule has 1 aromatic rings. The molecule has 132 valence electrons. The van der Waals surface area contributed by atoms with Gasteiger partial charge in [-0.1, -0.05) is 23.9 Å². The van der Waals surface area contributed by atoms with Gasteiger partial charge in [0.15, 0.2) is 5.17 Å². The average Bonchev–Trinajstić information content (AvgIpc) is 2.58. The van der Waals surface area contributed by atoms with Crippen molar-refractivity contribution in [1.82, 2.24) is 4.90 Å². The molecule has 0 aromatic heterocycles. The van der Waals surface area contributed by atoms with Crippen molar-refractivity contribution in [3.05, 3.63) is 35.4 Å². The minimum absolute atomic E-state index is 0.0785. The monoisotopic (exact) mass is 351 g/mol. The van der Waals surface area contributed by atoms with Crippen molar-refractivity contribution in [1.29, 1.82) is 0 Å². The molecular formula is C17H25N3O3S. The molecule has 1 atom stereocenters. The van der Waals surface area contributed by atoms with Crippen LogP contribution in [0.1, 0.15) is 29.3 Å². The Morgan fingerprint density at radius 2 is 2.29 bits per heavy atom. The Bertz CT molecular complexity index is 608. The number of nitrogens with zero attached hydrogens (tertiary/aromatic N) is 2. The minimum atomic E-state index is -0.403. The van der Waals surface area contributed by atoms with E-state index in [2.05, 4.69) is 4.99 Å². The fourth-order valence-electron chi connectivity index (χ4n) is 2.70. The van der Waals surface area contributed by atoms with Gasteiger partial charge in [-0.25, -0.2) is 0 Å². The Kier molecular flexibility index (Phi) is 6.65. The predicted octanol–water partition coefficient (Wildman–Crippen LogP) is 1.43. The summed E-state index contributed by atoms with van der Waals surface area (Å²) in [5.74, 6) is 0.794. The SMILES string of the molecule is COCCN(CCO)C(=O)c1cccc(C2(C)CCSC(N)=N2)c1. The number of aliphatic hydroxyl groups excluding tert-OH is 1. The van der Waals surface area contributed by atoms with Crippen molar-refractivity contribution in [2.45, 2.75) is 18.9 Å². The number of aliphatic hydroxyl groups is 1. The van der Waals surface area contributed by atoms with Crippen molar-refractivity contribution in [2.75, 3.05) is 39.2 Å². The van der Waals surface area contributed by atoms with Gasteiger partial charge in [0.25, 0.3) is 5.91 Å². The molecule has 0 radical (unpaired) electrons. The zero-order chi connectivity index (χ0) is 17.6. The predicted molar refractivity (Wildman–Crippen MR) is 97.4 cm³/mol. The van der Waals surface area contributed by atoms with Gasteiger partial charge in [-0.2, -0.15) is 0 Å². The number of carbonyl (C=O) groups is 1. The van der Waals surface area contributed by atoms with Crippen molar-refractivity contribution >= 4 is 22.8 Å². The first-order valence-electron chi connectivity index (χ1n) is 7.98. The van der Waals surface area contributed by atoms with Gasteiger partial charge >= 0.3 is 0 Å². The lowest BCUT2D eigenvalue weighted by Crippen LogP contribution is -2.36. The van der Waals surface area contributed by atoms with Crippen LogP contribution in [0.5, 0.6) is 0 Å². The molecule has 1 aromatic carbocycles. The maximum absolute atomic E-state index is 12.7. The number of aliphatic imine (C=N–C) groups is 1. The first kappa shape index (κ1) is 18.8. The molecule has 1 amide bonds. The van der Waals surface area contributed by atoms with E-state index in [-0.39, 0.29) is 19.1 Å². The molecule has 0 aliphatic carbocycles. The zero-order valence-electron chi connectivity index (χ0n) is 14.2. The van der Waals surface area contributed by atoms with Gasteiger partial charge in [0.2, 0.25) is 0 Å². The topological polar surface area (TPSA) is 88.2 Å². The van der Waals surface area contributed by atoms with Gasteiger partial charge in [-0.15, -0.1) is 0 Å². The normalized spacial score (nSPS) is 20.5. The van der Waals surface area contributed by atoms with Crippen LogP contribution in [0.2, 0.25) is 0 Å². The van der Waals surface area contributed by atoms with Gasteiger partial charge in [0, 0.05) is 31.5 Å². The van der Waals surface area contributed by atoms with E-state index >= 15 is 0 Å². The first-order valence-corrected chi connectivity index (χ1v) is 8.96. The molecule has 3 N–H and O–H groups in total. The van der Waals surface area contributed by atoms with Gasteiger partial charge in [0.05, 0.1) is 18.8 Å². The Morgan fingerprint density at radius 3 is 2.96 bits per heavy atom. The van der Waals surface area contributed by atoms with Crippen LogP contribution in [-0.2, 0) is 10.3 Å². The molecule has 0 bridgehead atoms. The summed E-state index contributed by atoms with van der Waals surface area (Å²) in [5, 5.41) is 9.78. The van der Waals surface area contributed by atoms with Crippen LogP contribution in [0.4, 0.5) is 0 Å². The lowest BCUT2D eigenvalue weighted by molar-refractivity contribution is 0.0656. The van der Waals surface area contributed by atoms with Crippen molar-refractivity contribution in [3.63, 3.8) is 0 Å². The van der Waals surface area contributed by atoms with Crippen LogP contribution in [0.25, 0.3) is 0 Å². The van der Waals surface area contributed by atoms with E-state index < -0.39 is 5.54 Å². The number of hydrogen-bond donors (Lipinski definition) is 2. The molecule has 7 heteroatoms. The van der Waals surface area contributed by atoms with Crippen LogP contribution in [-0.4, -0.2) is 60.2 Å². The summed E-state index contributed by atoms with van der Waals surface area (Å²) in [4.78, 5) is 18.9. The maximum atomic E-state index is 12.7. The number of ether oxygens (including phenoxy) is 1. The third kappa shape index (κ3) is 4.49. The molecular weight excluding hydrogens is 326 g/mol. The lowest BCUT2D eigenvalue weighted by atomic mass is 9.88. The quantitative estimate of drug-likeness (QED) is 0.776. The second-order valence-corrected chi connectivity index (χ2v) is 7.03. The number of thioether (sulfide) groups is 1. The molecule has 1 aliphatic rings. The third-order valence-electron chi connectivity index (χ3n) is 4.15.